The predicted octanol–water partition coefficient (Wildman–Crippen LogP) is 2.91. The lowest BCUT2D eigenvalue weighted by molar-refractivity contribution is 0.161. The summed E-state index contributed by atoms with van der Waals surface area (Å²) in [5.41, 5.74) is 8.74. The second kappa shape index (κ2) is 7.45. The van der Waals surface area contributed by atoms with Gasteiger partial charge in [0.15, 0.2) is 0 Å². The van der Waals surface area contributed by atoms with Gasteiger partial charge < -0.3 is 10.3 Å². The first-order chi connectivity index (χ1) is 11.3. The number of piperidine rings is 1. The molecule has 4 nitrogen and oxygen atoms in total. The van der Waals surface area contributed by atoms with Crippen molar-refractivity contribution in [3.05, 3.63) is 53.9 Å². The van der Waals surface area contributed by atoms with Gasteiger partial charge in [0.25, 0.3) is 0 Å². The highest BCUT2D eigenvalue weighted by molar-refractivity contribution is 5.42. The van der Waals surface area contributed by atoms with Crippen molar-refractivity contribution in [2.45, 2.75) is 25.8 Å². The Morgan fingerprint density at radius 2 is 2.17 bits per heavy atom. The Morgan fingerprint density at radius 3 is 3.00 bits per heavy atom. The SMILES string of the molecule is N#Cc1cccc(-n2cccc2CN2CCCC(CCN)C2)c1. The van der Waals surface area contributed by atoms with Crippen LogP contribution in [0.3, 0.4) is 0 Å². The van der Waals surface area contributed by atoms with Crippen LogP contribution in [0.15, 0.2) is 42.6 Å². The number of benzene rings is 1. The molecule has 0 amide bonds. The quantitative estimate of drug-likeness (QED) is 0.924. The van der Waals surface area contributed by atoms with Gasteiger partial charge in [0.2, 0.25) is 0 Å². The van der Waals surface area contributed by atoms with Crippen molar-refractivity contribution in [2.24, 2.45) is 11.7 Å². The zero-order chi connectivity index (χ0) is 16.1. The number of likely N-dealkylation sites (tertiary alicyclic amines) is 1. The van der Waals surface area contributed by atoms with Gasteiger partial charge in [0, 0.05) is 30.7 Å². The largest absolute Gasteiger partial charge is 0.330 e. The fourth-order valence-corrected chi connectivity index (χ4v) is 3.52. The molecular formula is C19H24N4. The van der Waals surface area contributed by atoms with Crippen LogP contribution in [-0.2, 0) is 6.54 Å². The number of nitrogens with zero attached hydrogens (tertiary/aromatic N) is 3. The molecule has 1 atom stereocenters. The second-order valence-electron chi connectivity index (χ2n) is 6.35. The number of nitriles is 1. The second-order valence-corrected chi connectivity index (χ2v) is 6.35. The third-order valence-electron chi connectivity index (χ3n) is 4.65. The normalized spacial score (nSPS) is 18.7. The van der Waals surface area contributed by atoms with Gasteiger partial charge in [0.05, 0.1) is 11.6 Å². The fraction of sp³-hybridized carbons (Fsp3) is 0.421. The van der Waals surface area contributed by atoms with Crippen LogP contribution in [0, 0.1) is 17.2 Å². The summed E-state index contributed by atoms with van der Waals surface area (Å²) in [5.74, 6) is 0.735. The van der Waals surface area contributed by atoms with Gasteiger partial charge in [-0.1, -0.05) is 6.07 Å². The molecule has 120 valence electrons. The summed E-state index contributed by atoms with van der Waals surface area (Å²) in [6.45, 7) is 4.03. The lowest BCUT2D eigenvalue weighted by atomic mass is 9.95. The van der Waals surface area contributed by atoms with Crippen LogP contribution < -0.4 is 5.73 Å². The summed E-state index contributed by atoms with van der Waals surface area (Å²) in [5, 5.41) is 9.09. The van der Waals surface area contributed by atoms with Crippen LogP contribution in [0.5, 0.6) is 0 Å². The molecule has 1 aromatic carbocycles. The minimum absolute atomic E-state index is 0.697. The van der Waals surface area contributed by atoms with E-state index in [2.05, 4.69) is 39.9 Å². The Morgan fingerprint density at radius 1 is 1.26 bits per heavy atom. The van der Waals surface area contributed by atoms with Crippen LogP contribution >= 0.6 is 0 Å². The van der Waals surface area contributed by atoms with Crippen molar-refractivity contribution in [2.75, 3.05) is 19.6 Å². The van der Waals surface area contributed by atoms with Crippen molar-refractivity contribution in [1.82, 2.24) is 9.47 Å². The Bertz CT molecular complexity index is 681. The monoisotopic (exact) mass is 308 g/mol. The summed E-state index contributed by atoms with van der Waals surface area (Å²) < 4.78 is 2.19. The van der Waals surface area contributed by atoms with E-state index in [0.29, 0.717) is 5.56 Å². The van der Waals surface area contributed by atoms with E-state index in [1.807, 2.05) is 18.2 Å². The Balaban J connectivity index is 1.75. The molecule has 3 rings (SSSR count). The molecule has 0 aliphatic carbocycles. The van der Waals surface area contributed by atoms with Crippen LogP contribution in [-0.4, -0.2) is 29.1 Å². The van der Waals surface area contributed by atoms with Gasteiger partial charge in [-0.05, 0) is 68.6 Å². The van der Waals surface area contributed by atoms with Crippen LogP contribution in [0.4, 0.5) is 0 Å². The molecule has 1 fully saturated rings. The summed E-state index contributed by atoms with van der Waals surface area (Å²) in [6.07, 6.45) is 5.77. The predicted molar refractivity (Wildman–Crippen MR) is 92.2 cm³/mol. The number of rotatable bonds is 5. The van der Waals surface area contributed by atoms with Crippen LogP contribution in [0.25, 0.3) is 5.69 Å². The number of aromatic nitrogens is 1. The summed E-state index contributed by atoms with van der Waals surface area (Å²) >= 11 is 0. The molecule has 4 heteroatoms. The maximum atomic E-state index is 9.09. The number of hydrogen-bond donors (Lipinski definition) is 1. The van der Waals surface area contributed by atoms with Gasteiger partial charge in [-0.15, -0.1) is 0 Å². The van der Waals surface area contributed by atoms with E-state index in [-0.39, 0.29) is 0 Å². The van der Waals surface area contributed by atoms with Crippen LogP contribution in [0.2, 0.25) is 0 Å². The maximum Gasteiger partial charge on any atom is 0.0992 e. The Labute approximate surface area is 138 Å². The molecule has 0 saturated carbocycles. The molecule has 2 N–H and O–H groups in total. The number of nitrogens with two attached hydrogens (primary N) is 1. The van der Waals surface area contributed by atoms with E-state index in [1.165, 1.54) is 18.5 Å². The van der Waals surface area contributed by atoms with Gasteiger partial charge in [-0.2, -0.15) is 5.26 Å². The van der Waals surface area contributed by atoms with Crippen molar-refractivity contribution >= 4 is 0 Å². The first-order valence-electron chi connectivity index (χ1n) is 8.39. The highest BCUT2D eigenvalue weighted by Crippen LogP contribution is 2.22. The third-order valence-corrected chi connectivity index (χ3v) is 4.65. The summed E-state index contributed by atoms with van der Waals surface area (Å²) in [4.78, 5) is 2.53. The van der Waals surface area contributed by atoms with E-state index < -0.39 is 0 Å². The third kappa shape index (κ3) is 3.82. The van der Waals surface area contributed by atoms with Crippen LogP contribution in [0.1, 0.15) is 30.5 Å². The molecule has 0 spiro atoms. The molecule has 2 aromatic rings. The van der Waals surface area contributed by atoms with Crippen molar-refractivity contribution in [1.29, 1.82) is 5.26 Å². The molecule has 1 unspecified atom stereocenters. The van der Waals surface area contributed by atoms with Gasteiger partial charge in [-0.25, -0.2) is 0 Å². The standard InChI is InChI=1S/C19H24N4/c20-9-8-16-5-2-10-22(14-16)15-19-7-3-11-23(19)18-6-1-4-17(12-18)13-21/h1,3-4,6-7,11-12,16H,2,5,8-10,14-15,20H2. The fourth-order valence-electron chi connectivity index (χ4n) is 3.52. The van der Waals surface area contributed by atoms with Crippen molar-refractivity contribution < 1.29 is 0 Å². The van der Waals surface area contributed by atoms with Crippen molar-refractivity contribution in [3.8, 4) is 11.8 Å². The molecule has 1 aliphatic heterocycles. The zero-order valence-corrected chi connectivity index (χ0v) is 13.5. The molecule has 0 bridgehead atoms. The smallest absolute Gasteiger partial charge is 0.0992 e. The highest BCUT2D eigenvalue weighted by atomic mass is 15.2. The molecule has 1 aliphatic rings. The lowest BCUT2D eigenvalue weighted by Gasteiger charge is -2.32. The molecule has 0 radical (unpaired) electrons. The van der Waals surface area contributed by atoms with E-state index in [4.69, 9.17) is 11.0 Å². The Kier molecular flexibility index (Phi) is 5.12. The van der Waals surface area contributed by atoms with E-state index >= 15 is 0 Å². The maximum absolute atomic E-state index is 9.09. The van der Waals surface area contributed by atoms with Gasteiger partial charge in [-0.3, -0.25) is 4.90 Å². The molecular weight excluding hydrogens is 284 g/mol. The highest BCUT2D eigenvalue weighted by Gasteiger charge is 2.20. The summed E-state index contributed by atoms with van der Waals surface area (Å²) in [6, 6.07) is 14.2. The van der Waals surface area contributed by atoms with Gasteiger partial charge >= 0.3 is 0 Å². The summed E-state index contributed by atoms with van der Waals surface area (Å²) in [7, 11) is 0. The lowest BCUT2D eigenvalue weighted by Crippen LogP contribution is -2.36. The molecule has 1 saturated heterocycles. The molecule has 2 heterocycles. The number of hydrogen-bond acceptors (Lipinski definition) is 3. The molecule has 1 aromatic heterocycles. The van der Waals surface area contributed by atoms with Gasteiger partial charge in [0.1, 0.15) is 0 Å². The average molecular weight is 308 g/mol. The van der Waals surface area contributed by atoms with Crippen molar-refractivity contribution in [3.63, 3.8) is 0 Å². The van der Waals surface area contributed by atoms with E-state index in [0.717, 1.165) is 44.2 Å². The zero-order valence-electron chi connectivity index (χ0n) is 13.5. The average Bonchev–Trinajstić information content (AvgIpc) is 3.04. The van der Waals surface area contributed by atoms with E-state index in [9.17, 15) is 0 Å². The molecule has 23 heavy (non-hydrogen) atoms. The topological polar surface area (TPSA) is 58.0 Å². The first-order valence-corrected chi connectivity index (χ1v) is 8.39. The minimum atomic E-state index is 0.697. The minimum Gasteiger partial charge on any atom is -0.330 e. The van der Waals surface area contributed by atoms with E-state index in [1.54, 1.807) is 0 Å². The Hall–Kier alpha value is -2.09. The first kappa shape index (κ1) is 15.8.